The molecule has 1 fully saturated rings. The Morgan fingerprint density at radius 2 is 1.92 bits per heavy atom. The Labute approximate surface area is 210 Å². The molecule has 0 saturated carbocycles. The lowest BCUT2D eigenvalue weighted by molar-refractivity contribution is 0.102. The molecule has 6 rings (SSSR count). The van der Waals surface area contributed by atoms with Gasteiger partial charge in [-0.15, -0.1) is 5.10 Å². The number of pyridine rings is 1. The lowest BCUT2D eigenvalue weighted by Gasteiger charge is -2.27. The third-order valence-corrected chi connectivity index (χ3v) is 6.67. The summed E-state index contributed by atoms with van der Waals surface area (Å²) in [6.07, 6.45) is 4.83. The van der Waals surface area contributed by atoms with E-state index in [0.717, 1.165) is 23.7 Å². The van der Waals surface area contributed by atoms with Crippen LogP contribution in [0.25, 0.3) is 16.9 Å². The molecular formula is C26H22F2N8O. The molecule has 4 heterocycles. The van der Waals surface area contributed by atoms with Crippen molar-refractivity contribution < 1.29 is 13.6 Å². The summed E-state index contributed by atoms with van der Waals surface area (Å²) in [6, 6.07) is 14.2. The van der Waals surface area contributed by atoms with E-state index in [1.165, 1.54) is 18.3 Å². The predicted molar refractivity (Wildman–Crippen MR) is 133 cm³/mol. The summed E-state index contributed by atoms with van der Waals surface area (Å²) < 4.78 is 31.6. The van der Waals surface area contributed by atoms with Gasteiger partial charge in [-0.3, -0.25) is 4.79 Å². The molecule has 3 aromatic heterocycles. The van der Waals surface area contributed by atoms with Crippen molar-refractivity contribution >= 4 is 22.8 Å². The number of benzene rings is 2. The molecular weight excluding hydrogens is 478 g/mol. The topological polar surface area (TPSA) is 93.2 Å². The van der Waals surface area contributed by atoms with Crippen LogP contribution in [0.3, 0.4) is 0 Å². The zero-order chi connectivity index (χ0) is 25.5. The van der Waals surface area contributed by atoms with Gasteiger partial charge in [-0.1, -0.05) is 0 Å². The third kappa shape index (κ3) is 4.18. The summed E-state index contributed by atoms with van der Waals surface area (Å²) in [7, 11) is 1.75. The van der Waals surface area contributed by atoms with E-state index in [2.05, 4.69) is 25.9 Å². The number of hydrogen-bond acceptors (Lipinski definition) is 6. The summed E-state index contributed by atoms with van der Waals surface area (Å²) in [5.41, 5.74) is 3.60. The van der Waals surface area contributed by atoms with Crippen LogP contribution in [0.5, 0.6) is 0 Å². The molecule has 0 aliphatic carbocycles. The van der Waals surface area contributed by atoms with Crippen LogP contribution in [0.4, 0.5) is 20.2 Å². The normalized spacial score (nSPS) is 15.4. The van der Waals surface area contributed by atoms with Gasteiger partial charge in [0.1, 0.15) is 11.6 Å². The van der Waals surface area contributed by atoms with Crippen molar-refractivity contribution in [3.8, 4) is 11.4 Å². The number of aryl methyl sites for hydroxylation is 1. The lowest BCUT2D eigenvalue weighted by Crippen LogP contribution is -2.23. The lowest BCUT2D eigenvalue weighted by atomic mass is 10.0. The number of carbonyl (C=O) groups excluding carboxylic acids is 1. The zero-order valence-corrected chi connectivity index (χ0v) is 19.8. The first-order chi connectivity index (χ1) is 18.0. The van der Waals surface area contributed by atoms with Crippen molar-refractivity contribution in [3.63, 3.8) is 0 Å². The zero-order valence-electron chi connectivity index (χ0n) is 19.8. The summed E-state index contributed by atoms with van der Waals surface area (Å²) >= 11 is 0. The first kappa shape index (κ1) is 22.8. The van der Waals surface area contributed by atoms with E-state index in [1.54, 1.807) is 34.6 Å². The quantitative estimate of drug-likeness (QED) is 0.385. The third-order valence-electron chi connectivity index (χ3n) is 6.67. The number of halogens is 2. The number of hydrogen-bond donors (Lipinski definition) is 1. The second kappa shape index (κ2) is 9.08. The molecule has 5 aromatic rings. The van der Waals surface area contributed by atoms with Crippen LogP contribution in [0.2, 0.25) is 0 Å². The van der Waals surface area contributed by atoms with E-state index in [-0.39, 0.29) is 11.9 Å². The van der Waals surface area contributed by atoms with Gasteiger partial charge in [0, 0.05) is 42.3 Å². The molecule has 0 spiro atoms. The number of tetrazole rings is 1. The van der Waals surface area contributed by atoms with Gasteiger partial charge in [0.05, 0.1) is 23.3 Å². The molecule has 37 heavy (non-hydrogen) atoms. The molecule has 186 valence electrons. The summed E-state index contributed by atoms with van der Waals surface area (Å²) in [5.74, 6) is -0.583. The van der Waals surface area contributed by atoms with Crippen LogP contribution in [-0.2, 0) is 7.05 Å². The first-order valence-electron chi connectivity index (χ1n) is 11.8. The highest BCUT2D eigenvalue weighted by molar-refractivity contribution is 6.09. The van der Waals surface area contributed by atoms with Crippen molar-refractivity contribution in [2.45, 2.75) is 18.9 Å². The molecule has 0 bridgehead atoms. The number of nitrogens with zero attached hydrogens (tertiary/aromatic N) is 7. The predicted octanol–water partition coefficient (Wildman–Crippen LogP) is 4.40. The average molecular weight is 501 g/mol. The smallest absolute Gasteiger partial charge is 0.259 e. The second-order valence-corrected chi connectivity index (χ2v) is 8.95. The van der Waals surface area contributed by atoms with E-state index in [0.29, 0.717) is 41.1 Å². The van der Waals surface area contributed by atoms with Crippen LogP contribution < -0.4 is 10.2 Å². The number of nitrogens with one attached hydrogen (secondary N) is 1. The highest BCUT2D eigenvalue weighted by Crippen LogP contribution is 2.38. The molecule has 1 N–H and O–H groups in total. The highest BCUT2D eigenvalue weighted by Gasteiger charge is 2.29. The maximum Gasteiger partial charge on any atom is 0.259 e. The number of carbonyl (C=O) groups is 1. The minimum Gasteiger partial charge on any atom is -0.364 e. The van der Waals surface area contributed by atoms with Gasteiger partial charge in [-0.25, -0.2) is 18.0 Å². The van der Waals surface area contributed by atoms with Crippen molar-refractivity contribution in [1.82, 2.24) is 29.8 Å². The largest absolute Gasteiger partial charge is 0.364 e. The van der Waals surface area contributed by atoms with Gasteiger partial charge in [0.15, 0.2) is 5.82 Å². The molecule has 1 aliphatic heterocycles. The number of fused-ring (bicyclic) bond motifs is 1. The highest BCUT2D eigenvalue weighted by atomic mass is 19.1. The van der Waals surface area contributed by atoms with Crippen molar-refractivity contribution in [2.75, 3.05) is 16.8 Å². The number of anilines is 2. The van der Waals surface area contributed by atoms with Crippen LogP contribution in [-0.4, -0.2) is 42.3 Å². The Morgan fingerprint density at radius 1 is 1.08 bits per heavy atom. The minimum atomic E-state index is -0.463. The van der Waals surface area contributed by atoms with E-state index in [9.17, 15) is 13.6 Å². The molecule has 9 nitrogen and oxygen atoms in total. The van der Waals surface area contributed by atoms with E-state index in [1.807, 2.05) is 29.2 Å². The molecule has 1 amide bonds. The molecule has 1 saturated heterocycles. The molecule has 2 aromatic carbocycles. The average Bonchev–Trinajstić information content (AvgIpc) is 3.65. The standard InChI is InChI=1S/C26H22F2N8O/c1-34-25(31-32-33-34)16-4-7-18(8-5-16)30-26(37)21-15-29-36-12-10-19(14-24(21)36)35-11-2-3-23(35)20-13-17(27)6-9-22(20)28/h4-10,12-15,23H,2-3,11H2,1H3,(H,30,37)/t23-/m1/s1. The molecule has 0 unspecified atom stereocenters. The van der Waals surface area contributed by atoms with Gasteiger partial charge < -0.3 is 10.2 Å². The van der Waals surface area contributed by atoms with Crippen LogP contribution >= 0.6 is 0 Å². The Bertz CT molecular complexity index is 1610. The van der Waals surface area contributed by atoms with E-state index >= 15 is 0 Å². The first-order valence-corrected chi connectivity index (χ1v) is 11.8. The Morgan fingerprint density at radius 3 is 2.70 bits per heavy atom. The van der Waals surface area contributed by atoms with Crippen LogP contribution in [0.15, 0.2) is 67.0 Å². The summed E-state index contributed by atoms with van der Waals surface area (Å²) in [5, 5.41) is 18.7. The molecule has 0 radical (unpaired) electrons. The SMILES string of the molecule is Cn1nnnc1-c1ccc(NC(=O)c2cnn3ccc(N4CCC[C@@H]4c4cc(F)ccc4F)cc23)cc1. The fraction of sp³-hybridized carbons (Fsp3) is 0.192. The Kier molecular flexibility index (Phi) is 5.59. The fourth-order valence-corrected chi connectivity index (χ4v) is 4.87. The number of rotatable bonds is 5. The summed E-state index contributed by atoms with van der Waals surface area (Å²) in [6.45, 7) is 0.694. The Hall–Kier alpha value is -4.67. The monoisotopic (exact) mass is 500 g/mol. The fourth-order valence-electron chi connectivity index (χ4n) is 4.87. The van der Waals surface area contributed by atoms with Gasteiger partial charge in [-0.2, -0.15) is 5.10 Å². The molecule has 11 heteroatoms. The Balaban J connectivity index is 1.26. The van der Waals surface area contributed by atoms with E-state index in [4.69, 9.17) is 0 Å². The van der Waals surface area contributed by atoms with Crippen molar-refractivity contribution in [2.24, 2.45) is 7.05 Å². The van der Waals surface area contributed by atoms with Crippen LogP contribution in [0.1, 0.15) is 34.8 Å². The van der Waals surface area contributed by atoms with Gasteiger partial charge >= 0.3 is 0 Å². The molecule has 1 aliphatic rings. The van der Waals surface area contributed by atoms with Gasteiger partial charge in [0.25, 0.3) is 5.91 Å². The number of aromatic nitrogens is 6. The molecule has 1 atom stereocenters. The van der Waals surface area contributed by atoms with E-state index < -0.39 is 11.6 Å². The van der Waals surface area contributed by atoms with Gasteiger partial charge in [-0.05, 0) is 77.9 Å². The van der Waals surface area contributed by atoms with Crippen LogP contribution in [0, 0.1) is 11.6 Å². The minimum absolute atomic E-state index is 0.291. The number of amides is 1. The second-order valence-electron chi connectivity index (χ2n) is 8.95. The van der Waals surface area contributed by atoms with Crippen molar-refractivity contribution in [1.29, 1.82) is 0 Å². The maximum absolute atomic E-state index is 14.5. The van der Waals surface area contributed by atoms with Crippen molar-refractivity contribution in [3.05, 3.63) is 89.8 Å². The summed E-state index contributed by atoms with van der Waals surface area (Å²) in [4.78, 5) is 15.2. The van der Waals surface area contributed by atoms with Gasteiger partial charge in [0.2, 0.25) is 0 Å². The maximum atomic E-state index is 14.5.